The van der Waals surface area contributed by atoms with E-state index in [-0.39, 0.29) is 12.3 Å². The molecule has 128 valence electrons. The third kappa shape index (κ3) is 5.22. The number of carboxylic acids is 1. The van der Waals surface area contributed by atoms with Crippen LogP contribution in [0.2, 0.25) is 0 Å². The lowest BCUT2D eigenvalue weighted by Gasteiger charge is -2.13. The van der Waals surface area contributed by atoms with Gasteiger partial charge in [-0.3, -0.25) is 4.79 Å². The summed E-state index contributed by atoms with van der Waals surface area (Å²) in [6.07, 6.45) is 4.14. The molecule has 0 spiro atoms. The summed E-state index contributed by atoms with van der Waals surface area (Å²) in [7, 11) is 0. The van der Waals surface area contributed by atoms with Crippen molar-refractivity contribution in [2.45, 2.75) is 45.1 Å². The van der Waals surface area contributed by atoms with Crippen LogP contribution in [0.5, 0.6) is 0 Å². The lowest BCUT2D eigenvalue weighted by atomic mass is 10.1. The summed E-state index contributed by atoms with van der Waals surface area (Å²) in [4.78, 5) is 27.1. The minimum atomic E-state index is -0.995. The van der Waals surface area contributed by atoms with Crippen LogP contribution in [0.15, 0.2) is 40.9 Å². The molecule has 2 N–H and O–H groups in total. The molecule has 1 heterocycles. The molecule has 2 rings (SSSR count). The van der Waals surface area contributed by atoms with Gasteiger partial charge in [-0.15, -0.1) is 0 Å². The van der Waals surface area contributed by atoms with Crippen LogP contribution in [-0.4, -0.2) is 28.0 Å². The second-order valence-corrected chi connectivity index (χ2v) is 5.58. The quantitative estimate of drug-likeness (QED) is 0.737. The fraction of sp³-hybridized carbons (Fsp3) is 0.389. The molecule has 1 atom stereocenters. The average molecular weight is 330 g/mol. The SMILES string of the molecule is CCCC(NC(=O)CCCc1ncc(-c2ccccc2)o1)C(=O)O. The number of aliphatic carboxylic acids is 1. The predicted molar refractivity (Wildman–Crippen MR) is 89.4 cm³/mol. The molecule has 2 aromatic rings. The molecule has 1 aromatic heterocycles. The Bertz CT molecular complexity index is 667. The van der Waals surface area contributed by atoms with E-state index in [1.165, 1.54) is 0 Å². The monoisotopic (exact) mass is 330 g/mol. The lowest BCUT2D eigenvalue weighted by Crippen LogP contribution is -2.40. The van der Waals surface area contributed by atoms with Crippen LogP contribution < -0.4 is 5.32 Å². The van der Waals surface area contributed by atoms with Gasteiger partial charge >= 0.3 is 5.97 Å². The van der Waals surface area contributed by atoms with Crippen LogP contribution in [0.1, 0.15) is 38.5 Å². The van der Waals surface area contributed by atoms with Crippen molar-refractivity contribution in [3.63, 3.8) is 0 Å². The predicted octanol–water partition coefficient (Wildman–Crippen LogP) is 3.03. The summed E-state index contributed by atoms with van der Waals surface area (Å²) in [5.41, 5.74) is 0.956. The first-order chi connectivity index (χ1) is 11.6. The molecule has 0 radical (unpaired) electrons. The van der Waals surface area contributed by atoms with Gasteiger partial charge < -0.3 is 14.8 Å². The number of amides is 1. The van der Waals surface area contributed by atoms with Crippen LogP contribution in [0.4, 0.5) is 0 Å². The molecule has 1 amide bonds. The second-order valence-electron chi connectivity index (χ2n) is 5.58. The van der Waals surface area contributed by atoms with E-state index in [1.54, 1.807) is 6.20 Å². The number of nitrogens with zero attached hydrogens (tertiary/aromatic N) is 1. The molecule has 0 aliphatic carbocycles. The van der Waals surface area contributed by atoms with E-state index in [0.717, 1.165) is 5.56 Å². The minimum Gasteiger partial charge on any atom is -0.480 e. The fourth-order valence-electron chi connectivity index (χ4n) is 2.37. The van der Waals surface area contributed by atoms with Crippen molar-refractivity contribution < 1.29 is 19.1 Å². The lowest BCUT2D eigenvalue weighted by molar-refractivity contribution is -0.142. The van der Waals surface area contributed by atoms with Gasteiger partial charge in [-0.25, -0.2) is 9.78 Å². The van der Waals surface area contributed by atoms with Gasteiger partial charge in [-0.2, -0.15) is 0 Å². The third-order valence-corrected chi connectivity index (χ3v) is 3.62. The van der Waals surface area contributed by atoms with Gasteiger partial charge in [-0.1, -0.05) is 43.7 Å². The first kappa shape index (κ1) is 17.7. The zero-order chi connectivity index (χ0) is 17.4. The Labute approximate surface area is 140 Å². The van der Waals surface area contributed by atoms with Crippen molar-refractivity contribution in [2.75, 3.05) is 0 Å². The number of benzene rings is 1. The molecule has 6 nitrogen and oxygen atoms in total. The van der Waals surface area contributed by atoms with Crippen molar-refractivity contribution in [1.29, 1.82) is 0 Å². The number of carboxylic acid groups (broad SMARTS) is 1. The molecule has 0 aliphatic rings. The van der Waals surface area contributed by atoms with E-state index in [0.29, 0.717) is 37.3 Å². The molecule has 1 aromatic carbocycles. The molecule has 0 aliphatic heterocycles. The van der Waals surface area contributed by atoms with E-state index in [9.17, 15) is 9.59 Å². The zero-order valence-electron chi connectivity index (χ0n) is 13.7. The number of aryl methyl sites for hydroxylation is 1. The highest BCUT2D eigenvalue weighted by atomic mass is 16.4. The van der Waals surface area contributed by atoms with E-state index in [1.807, 2.05) is 37.3 Å². The Morgan fingerprint density at radius 3 is 2.71 bits per heavy atom. The number of nitrogens with one attached hydrogen (secondary N) is 1. The number of hydrogen-bond acceptors (Lipinski definition) is 4. The molecule has 6 heteroatoms. The van der Waals surface area contributed by atoms with Crippen molar-refractivity contribution >= 4 is 11.9 Å². The molecule has 0 bridgehead atoms. The molecule has 0 fully saturated rings. The summed E-state index contributed by atoms with van der Waals surface area (Å²) in [5, 5.41) is 11.6. The van der Waals surface area contributed by atoms with Gasteiger partial charge in [0.05, 0.1) is 6.20 Å². The maximum Gasteiger partial charge on any atom is 0.326 e. The van der Waals surface area contributed by atoms with Crippen molar-refractivity contribution in [1.82, 2.24) is 10.3 Å². The highest BCUT2D eigenvalue weighted by Gasteiger charge is 2.18. The van der Waals surface area contributed by atoms with E-state index in [4.69, 9.17) is 9.52 Å². The van der Waals surface area contributed by atoms with Crippen molar-refractivity contribution in [3.05, 3.63) is 42.4 Å². The first-order valence-electron chi connectivity index (χ1n) is 8.12. The van der Waals surface area contributed by atoms with Gasteiger partial charge in [-0.05, 0) is 12.8 Å². The van der Waals surface area contributed by atoms with Gasteiger partial charge in [0.2, 0.25) is 5.91 Å². The fourth-order valence-corrected chi connectivity index (χ4v) is 2.37. The van der Waals surface area contributed by atoms with Crippen LogP contribution in [0.3, 0.4) is 0 Å². The van der Waals surface area contributed by atoms with Gasteiger partial charge in [0.25, 0.3) is 0 Å². The summed E-state index contributed by atoms with van der Waals surface area (Å²) < 4.78 is 5.67. The molecule has 1 unspecified atom stereocenters. The number of aromatic nitrogens is 1. The zero-order valence-corrected chi connectivity index (χ0v) is 13.7. The summed E-state index contributed by atoms with van der Waals surface area (Å²) in [5.74, 6) is 0.0185. The van der Waals surface area contributed by atoms with Crippen LogP contribution in [0.25, 0.3) is 11.3 Å². The van der Waals surface area contributed by atoms with Crippen LogP contribution >= 0.6 is 0 Å². The standard InChI is InChI=1S/C18H22N2O4/c1-2-7-14(18(22)23)20-16(21)10-6-11-17-19-12-15(24-17)13-8-4-3-5-9-13/h3-5,8-9,12,14H,2,6-7,10-11H2,1H3,(H,20,21)(H,22,23). The normalized spacial score (nSPS) is 11.9. The van der Waals surface area contributed by atoms with Gasteiger partial charge in [0.15, 0.2) is 11.7 Å². The summed E-state index contributed by atoms with van der Waals surface area (Å²) >= 11 is 0. The summed E-state index contributed by atoms with van der Waals surface area (Å²) in [6.45, 7) is 1.88. The maximum atomic E-state index is 11.8. The van der Waals surface area contributed by atoms with E-state index in [2.05, 4.69) is 10.3 Å². The number of oxazole rings is 1. The number of carbonyl (C=O) groups is 2. The second kappa shape index (κ2) is 8.86. The highest BCUT2D eigenvalue weighted by molar-refractivity contribution is 5.83. The van der Waals surface area contributed by atoms with Crippen LogP contribution in [0, 0.1) is 0 Å². The Morgan fingerprint density at radius 1 is 1.29 bits per heavy atom. The Hall–Kier alpha value is -2.63. The Morgan fingerprint density at radius 2 is 2.04 bits per heavy atom. The number of rotatable bonds is 9. The largest absolute Gasteiger partial charge is 0.480 e. The molecular formula is C18H22N2O4. The molecular weight excluding hydrogens is 308 g/mol. The first-order valence-corrected chi connectivity index (χ1v) is 8.12. The van der Waals surface area contributed by atoms with Gasteiger partial charge in [0.1, 0.15) is 6.04 Å². The topological polar surface area (TPSA) is 92.4 Å². The number of hydrogen-bond donors (Lipinski definition) is 2. The smallest absolute Gasteiger partial charge is 0.326 e. The average Bonchev–Trinajstić information content (AvgIpc) is 3.04. The highest BCUT2D eigenvalue weighted by Crippen LogP contribution is 2.20. The summed E-state index contributed by atoms with van der Waals surface area (Å²) in [6, 6.07) is 8.86. The maximum absolute atomic E-state index is 11.8. The van der Waals surface area contributed by atoms with E-state index >= 15 is 0 Å². The Balaban J connectivity index is 1.79. The van der Waals surface area contributed by atoms with Crippen molar-refractivity contribution in [2.24, 2.45) is 0 Å². The van der Waals surface area contributed by atoms with E-state index < -0.39 is 12.0 Å². The molecule has 24 heavy (non-hydrogen) atoms. The minimum absolute atomic E-state index is 0.247. The third-order valence-electron chi connectivity index (χ3n) is 3.62. The van der Waals surface area contributed by atoms with Gasteiger partial charge in [0, 0.05) is 18.4 Å². The van der Waals surface area contributed by atoms with Crippen LogP contribution in [-0.2, 0) is 16.0 Å². The molecule has 0 saturated carbocycles. The Kier molecular flexibility index (Phi) is 6.54. The number of carbonyl (C=O) groups excluding carboxylic acids is 1. The van der Waals surface area contributed by atoms with Crippen molar-refractivity contribution in [3.8, 4) is 11.3 Å². The molecule has 0 saturated heterocycles.